The Morgan fingerprint density at radius 2 is 1.20 bits per heavy atom. The van der Waals surface area contributed by atoms with Crippen molar-refractivity contribution in [3.63, 3.8) is 0 Å². The van der Waals surface area contributed by atoms with Crippen LogP contribution in [0.2, 0.25) is 0 Å². The molecule has 0 aliphatic carbocycles. The van der Waals surface area contributed by atoms with Crippen LogP contribution in [0, 0.1) is 13.8 Å². The van der Waals surface area contributed by atoms with E-state index in [1.165, 1.54) is 0 Å². The zero-order valence-electron chi connectivity index (χ0n) is 22.2. The minimum Gasteiger partial charge on any atom is -0.329 e. The fraction of sp³-hybridized carbons (Fsp3) is 0.267. The lowest BCUT2D eigenvalue weighted by molar-refractivity contribution is -0.126. The standard InChI is InChI=1S/2C15H14N2O3/c1-8-3-5-10-11(7-8)15(20)17(14(10)19)12-6-4-9(2)16-13(12)18;1-8-4-3-5-10-12(8)15(20)17(14(10)19)11-7-6-9(2)16-13(11)18/h3,5,7,12H,2,4,6H2,1H3,(H,16,18);3-5,11H,2,6-7H2,1H3,(H,16,18). The Hall–Kier alpha value is -4.86. The molecule has 2 unspecified atom stereocenters. The van der Waals surface area contributed by atoms with E-state index in [4.69, 9.17) is 0 Å². The highest BCUT2D eigenvalue weighted by molar-refractivity contribution is 6.24. The van der Waals surface area contributed by atoms with Gasteiger partial charge in [0.25, 0.3) is 23.6 Å². The number of nitrogens with zero attached hydrogens (tertiary/aromatic N) is 2. The molecule has 10 nitrogen and oxygen atoms in total. The number of nitrogens with one attached hydrogen (secondary N) is 2. The molecule has 2 fully saturated rings. The molecule has 0 spiro atoms. The van der Waals surface area contributed by atoms with Gasteiger partial charge in [0.1, 0.15) is 12.1 Å². The van der Waals surface area contributed by atoms with Crippen LogP contribution in [-0.4, -0.2) is 57.3 Å². The van der Waals surface area contributed by atoms with Crippen molar-refractivity contribution in [3.8, 4) is 0 Å². The number of fused-ring (bicyclic) bond motifs is 2. The topological polar surface area (TPSA) is 133 Å². The van der Waals surface area contributed by atoms with Crippen molar-refractivity contribution in [2.24, 2.45) is 0 Å². The van der Waals surface area contributed by atoms with Crippen molar-refractivity contribution in [2.45, 2.75) is 51.6 Å². The maximum atomic E-state index is 12.5. The summed E-state index contributed by atoms with van der Waals surface area (Å²) >= 11 is 0. The number of amides is 6. The molecule has 2 N–H and O–H groups in total. The Morgan fingerprint density at radius 1 is 0.675 bits per heavy atom. The highest BCUT2D eigenvalue weighted by Crippen LogP contribution is 2.31. The maximum absolute atomic E-state index is 12.5. The van der Waals surface area contributed by atoms with Crippen LogP contribution in [0.15, 0.2) is 61.0 Å². The molecule has 204 valence electrons. The summed E-state index contributed by atoms with van der Waals surface area (Å²) in [5.41, 5.74) is 4.46. The number of carbonyl (C=O) groups excluding carboxylic acids is 6. The third kappa shape index (κ3) is 4.41. The lowest BCUT2D eigenvalue weighted by atomic mass is 10.0. The van der Waals surface area contributed by atoms with Gasteiger partial charge >= 0.3 is 0 Å². The van der Waals surface area contributed by atoms with Crippen molar-refractivity contribution >= 4 is 35.4 Å². The highest BCUT2D eigenvalue weighted by atomic mass is 16.2. The van der Waals surface area contributed by atoms with Crippen LogP contribution in [0.5, 0.6) is 0 Å². The van der Waals surface area contributed by atoms with Crippen molar-refractivity contribution < 1.29 is 28.8 Å². The fourth-order valence-electron chi connectivity index (χ4n) is 5.43. The fourth-order valence-corrected chi connectivity index (χ4v) is 5.43. The summed E-state index contributed by atoms with van der Waals surface area (Å²) < 4.78 is 0. The van der Waals surface area contributed by atoms with Crippen molar-refractivity contribution in [3.05, 3.63) is 94.3 Å². The number of allylic oxidation sites excluding steroid dienone is 2. The Morgan fingerprint density at radius 3 is 1.75 bits per heavy atom. The van der Waals surface area contributed by atoms with Gasteiger partial charge in [0.2, 0.25) is 11.8 Å². The van der Waals surface area contributed by atoms with E-state index in [-0.39, 0.29) is 29.5 Å². The van der Waals surface area contributed by atoms with Gasteiger partial charge in [-0.15, -0.1) is 0 Å². The molecule has 0 bridgehead atoms. The summed E-state index contributed by atoms with van der Waals surface area (Å²) in [6, 6.07) is 8.79. The number of benzene rings is 2. The van der Waals surface area contributed by atoms with Crippen LogP contribution in [0.3, 0.4) is 0 Å². The minimum atomic E-state index is -0.743. The zero-order chi connectivity index (χ0) is 28.9. The van der Waals surface area contributed by atoms with E-state index in [2.05, 4.69) is 23.8 Å². The summed E-state index contributed by atoms with van der Waals surface area (Å²) in [4.78, 5) is 75.7. The van der Waals surface area contributed by atoms with E-state index in [1.54, 1.807) is 43.3 Å². The van der Waals surface area contributed by atoms with Gasteiger partial charge in [-0.3, -0.25) is 38.6 Å². The number of imide groups is 2. The van der Waals surface area contributed by atoms with Crippen LogP contribution in [0.4, 0.5) is 0 Å². The van der Waals surface area contributed by atoms with E-state index in [0.717, 1.165) is 20.9 Å². The quantitative estimate of drug-likeness (QED) is 0.563. The third-order valence-corrected chi connectivity index (χ3v) is 7.50. The van der Waals surface area contributed by atoms with Crippen molar-refractivity contribution in [2.75, 3.05) is 0 Å². The first-order chi connectivity index (χ1) is 19.0. The summed E-state index contributed by atoms with van der Waals surface area (Å²) in [5.74, 6) is -2.22. The molecule has 40 heavy (non-hydrogen) atoms. The van der Waals surface area contributed by atoms with Crippen molar-refractivity contribution in [1.29, 1.82) is 0 Å². The van der Waals surface area contributed by atoms with E-state index < -0.39 is 18.0 Å². The third-order valence-electron chi connectivity index (χ3n) is 7.50. The molecule has 6 amide bonds. The predicted octanol–water partition coefficient (Wildman–Crippen LogP) is 2.77. The average Bonchev–Trinajstić information content (AvgIpc) is 3.29. The number of carbonyl (C=O) groups is 6. The molecule has 2 aromatic carbocycles. The monoisotopic (exact) mass is 540 g/mol. The highest BCUT2D eigenvalue weighted by Gasteiger charge is 2.45. The molecule has 10 heteroatoms. The summed E-state index contributed by atoms with van der Waals surface area (Å²) in [6.07, 6.45) is 2.00. The normalized spacial score (nSPS) is 22.1. The zero-order valence-corrected chi connectivity index (χ0v) is 22.2. The first kappa shape index (κ1) is 26.7. The SMILES string of the molecule is C=C1CCC(N2C(=O)c3ccc(C)cc3C2=O)C(=O)N1.C=C1CCC(N2C(=O)c3cccc(C)c3C2=O)C(=O)N1. The lowest BCUT2D eigenvalue weighted by Crippen LogP contribution is -2.51. The minimum absolute atomic E-state index is 0.339. The molecule has 0 aromatic heterocycles. The van der Waals surface area contributed by atoms with Gasteiger partial charge in [-0.05, 0) is 63.3 Å². The van der Waals surface area contributed by atoms with Gasteiger partial charge in [0, 0.05) is 11.4 Å². The molecule has 0 saturated carbocycles. The Kier molecular flexibility index (Phi) is 6.70. The molecule has 4 aliphatic heterocycles. The van der Waals surface area contributed by atoms with Gasteiger partial charge in [-0.2, -0.15) is 0 Å². The summed E-state index contributed by atoms with van der Waals surface area (Å²) in [5, 5.41) is 5.22. The first-order valence-electron chi connectivity index (χ1n) is 12.9. The molecular formula is C30H28N4O6. The van der Waals surface area contributed by atoms with Gasteiger partial charge < -0.3 is 10.6 Å². The second-order valence-corrected chi connectivity index (χ2v) is 10.3. The van der Waals surface area contributed by atoms with Crippen LogP contribution in [-0.2, 0) is 9.59 Å². The second-order valence-electron chi connectivity index (χ2n) is 10.3. The van der Waals surface area contributed by atoms with Crippen molar-refractivity contribution in [1.82, 2.24) is 20.4 Å². The molecule has 2 saturated heterocycles. The van der Waals surface area contributed by atoms with Gasteiger partial charge in [0.15, 0.2) is 0 Å². The molecule has 4 heterocycles. The number of hydrogen-bond acceptors (Lipinski definition) is 6. The maximum Gasteiger partial charge on any atom is 0.262 e. The molecule has 0 radical (unpaired) electrons. The predicted molar refractivity (Wildman–Crippen MR) is 144 cm³/mol. The van der Waals surface area contributed by atoms with E-state index in [0.29, 0.717) is 59.3 Å². The number of aryl methyl sites for hydroxylation is 2. The van der Waals surface area contributed by atoms with E-state index >= 15 is 0 Å². The molecule has 6 rings (SSSR count). The van der Waals surface area contributed by atoms with Crippen LogP contribution < -0.4 is 10.6 Å². The number of piperidine rings is 2. The van der Waals surface area contributed by atoms with Crippen LogP contribution in [0.1, 0.15) is 78.2 Å². The molecule has 4 aliphatic rings. The summed E-state index contributed by atoms with van der Waals surface area (Å²) in [7, 11) is 0. The van der Waals surface area contributed by atoms with E-state index in [9.17, 15) is 28.8 Å². The molecule has 2 aromatic rings. The van der Waals surface area contributed by atoms with E-state index in [1.807, 2.05) is 6.92 Å². The van der Waals surface area contributed by atoms with Gasteiger partial charge in [0.05, 0.1) is 22.3 Å². The Labute approximate surface area is 230 Å². The summed E-state index contributed by atoms with van der Waals surface area (Å²) in [6.45, 7) is 11.0. The number of rotatable bonds is 2. The first-order valence-corrected chi connectivity index (χ1v) is 12.9. The Balaban J connectivity index is 0.000000161. The average molecular weight is 541 g/mol. The smallest absolute Gasteiger partial charge is 0.262 e. The Bertz CT molecular complexity index is 1550. The largest absolute Gasteiger partial charge is 0.329 e. The lowest BCUT2D eigenvalue weighted by Gasteiger charge is -2.29. The van der Waals surface area contributed by atoms with Crippen LogP contribution in [0.25, 0.3) is 0 Å². The molecule has 2 atom stereocenters. The van der Waals surface area contributed by atoms with Crippen LogP contribution >= 0.6 is 0 Å². The molecular weight excluding hydrogens is 512 g/mol. The number of hydrogen-bond donors (Lipinski definition) is 2. The second kappa shape index (κ2) is 10.0. The van der Waals surface area contributed by atoms with Gasteiger partial charge in [-0.25, -0.2) is 0 Å². The van der Waals surface area contributed by atoms with Gasteiger partial charge in [-0.1, -0.05) is 36.9 Å².